The lowest BCUT2D eigenvalue weighted by atomic mass is 10.1. The Morgan fingerprint density at radius 3 is 2.33 bits per heavy atom. The smallest absolute Gasteiger partial charge is 0.345 e. The Kier molecular flexibility index (Phi) is 5.09. The molecule has 0 saturated carbocycles. The van der Waals surface area contributed by atoms with E-state index in [9.17, 15) is 4.79 Å². The van der Waals surface area contributed by atoms with Crippen LogP contribution < -0.4 is 9.47 Å². The van der Waals surface area contributed by atoms with Crippen molar-refractivity contribution in [2.75, 3.05) is 21.3 Å². The zero-order valence-corrected chi connectivity index (χ0v) is 17.1. The Morgan fingerprint density at radius 1 is 1.00 bits per heavy atom. The molecule has 0 atom stereocenters. The number of esters is 1. The van der Waals surface area contributed by atoms with Gasteiger partial charge in [-0.3, -0.25) is 9.25 Å². The predicted molar refractivity (Wildman–Crippen MR) is 110 cm³/mol. The average molecular weight is 407 g/mol. The van der Waals surface area contributed by atoms with Crippen LogP contribution in [0.2, 0.25) is 0 Å². The topological polar surface area (TPSA) is 93.3 Å². The lowest BCUT2D eigenvalue weighted by Crippen LogP contribution is -2.08. The Hall–Kier alpha value is -3.88. The number of carbonyl (C=O) groups excluding carboxylic acids is 1. The van der Waals surface area contributed by atoms with Gasteiger partial charge in [0.2, 0.25) is 0 Å². The van der Waals surface area contributed by atoms with Gasteiger partial charge >= 0.3 is 5.97 Å². The number of ether oxygens (including phenoxy) is 3. The summed E-state index contributed by atoms with van der Waals surface area (Å²) in [5.41, 5.74) is 4.22. The van der Waals surface area contributed by atoms with Gasteiger partial charge in [0.05, 0.1) is 33.2 Å². The van der Waals surface area contributed by atoms with Crippen LogP contribution in [0.15, 0.2) is 43.1 Å². The van der Waals surface area contributed by atoms with Crippen LogP contribution in [0.25, 0.3) is 28.0 Å². The number of benzene rings is 1. The highest BCUT2D eigenvalue weighted by molar-refractivity contribution is 5.96. The van der Waals surface area contributed by atoms with Crippen molar-refractivity contribution < 1.29 is 19.0 Å². The Balaban J connectivity index is 1.80. The van der Waals surface area contributed by atoms with E-state index in [1.165, 1.54) is 21.3 Å². The van der Waals surface area contributed by atoms with Crippen molar-refractivity contribution in [3.05, 3.63) is 48.7 Å². The zero-order chi connectivity index (χ0) is 21.3. The molecule has 0 amide bonds. The van der Waals surface area contributed by atoms with Crippen molar-refractivity contribution in [3.63, 3.8) is 0 Å². The third kappa shape index (κ3) is 3.24. The number of pyridine rings is 1. The van der Waals surface area contributed by atoms with Gasteiger partial charge in [-0.25, -0.2) is 14.8 Å². The predicted octanol–water partition coefficient (Wildman–Crippen LogP) is 3.11. The second-order valence-electron chi connectivity index (χ2n) is 6.48. The van der Waals surface area contributed by atoms with E-state index in [1.54, 1.807) is 29.2 Å². The first kappa shape index (κ1) is 19.4. The molecule has 30 heavy (non-hydrogen) atoms. The summed E-state index contributed by atoms with van der Waals surface area (Å²) in [6, 6.07) is 5.40. The lowest BCUT2D eigenvalue weighted by molar-refractivity contribution is 0.0593. The first-order valence-electron chi connectivity index (χ1n) is 9.30. The lowest BCUT2D eigenvalue weighted by Gasteiger charge is -2.14. The van der Waals surface area contributed by atoms with Crippen LogP contribution in [0, 0.1) is 0 Å². The van der Waals surface area contributed by atoms with Gasteiger partial charge in [0.15, 0.2) is 5.65 Å². The van der Waals surface area contributed by atoms with Gasteiger partial charge in [0.25, 0.3) is 0 Å². The third-order valence-electron chi connectivity index (χ3n) is 4.84. The zero-order valence-electron chi connectivity index (χ0n) is 17.1. The first-order valence-corrected chi connectivity index (χ1v) is 9.30. The number of aromatic nitrogens is 5. The van der Waals surface area contributed by atoms with Gasteiger partial charge in [-0.2, -0.15) is 5.10 Å². The van der Waals surface area contributed by atoms with Crippen molar-refractivity contribution in [1.82, 2.24) is 24.3 Å². The van der Waals surface area contributed by atoms with Crippen molar-refractivity contribution in [2.24, 2.45) is 0 Å². The van der Waals surface area contributed by atoms with Gasteiger partial charge < -0.3 is 14.2 Å². The molecule has 154 valence electrons. The van der Waals surface area contributed by atoms with Crippen LogP contribution in [0.1, 0.15) is 17.3 Å². The van der Waals surface area contributed by atoms with Gasteiger partial charge in [-0.05, 0) is 13.0 Å². The molecule has 0 radical (unpaired) electrons. The summed E-state index contributed by atoms with van der Waals surface area (Å²) in [4.78, 5) is 21.3. The van der Waals surface area contributed by atoms with E-state index in [-0.39, 0.29) is 5.56 Å². The molecule has 4 aromatic rings. The molecule has 0 saturated heterocycles. The summed E-state index contributed by atoms with van der Waals surface area (Å²) >= 11 is 0. The molecule has 0 fully saturated rings. The average Bonchev–Trinajstić information content (AvgIpc) is 3.44. The van der Waals surface area contributed by atoms with E-state index in [0.29, 0.717) is 22.8 Å². The standard InChI is InChI=1S/C21H21N5O4/c1-5-25-11-14(10-24-25)13-6-16-20(22-9-13)26(12-23-16)15-7-17(28-2)19(21(27)30-4)18(8-15)29-3/h6-12H,5H2,1-4H3. The molecular weight excluding hydrogens is 386 g/mol. The minimum Gasteiger partial charge on any atom is -0.496 e. The number of rotatable bonds is 6. The van der Waals surface area contributed by atoms with Crippen molar-refractivity contribution in [2.45, 2.75) is 13.5 Å². The molecule has 0 N–H and O–H groups in total. The molecule has 0 aliphatic heterocycles. The maximum absolute atomic E-state index is 12.2. The molecule has 3 aromatic heterocycles. The van der Waals surface area contributed by atoms with Crippen molar-refractivity contribution >= 4 is 17.1 Å². The fraction of sp³-hybridized carbons (Fsp3) is 0.238. The molecule has 3 heterocycles. The fourth-order valence-corrected chi connectivity index (χ4v) is 3.27. The number of carbonyl (C=O) groups is 1. The largest absolute Gasteiger partial charge is 0.496 e. The highest BCUT2D eigenvalue weighted by atomic mass is 16.5. The molecule has 4 rings (SSSR count). The van der Waals surface area contributed by atoms with Gasteiger partial charge in [-0.1, -0.05) is 0 Å². The van der Waals surface area contributed by atoms with E-state index >= 15 is 0 Å². The molecule has 0 spiro atoms. The summed E-state index contributed by atoms with van der Waals surface area (Å²) in [6.45, 7) is 2.84. The SMILES string of the molecule is CCn1cc(-c2cnc3c(c2)ncn3-c2cc(OC)c(C(=O)OC)c(OC)c2)cn1. The molecule has 0 bridgehead atoms. The van der Waals surface area contributed by atoms with Crippen molar-refractivity contribution in [1.29, 1.82) is 0 Å². The minimum atomic E-state index is -0.541. The van der Waals surface area contributed by atoms with E-state index in [1.807, 2.05) is 30.1 Å². The second-order valence-corrected chi connectivity index (χ2v) is 6.48. The molecule has 9 heteroatoms. The molecule has 0 aliphatic carbocycles. The normalized spacial score (nSPS) is 10.9. The van der Waals surface area contributed by atoms with E-state index < -0.39 is 5.97 Å². The van der Waals surface area contributed by atoms with Crippen LogP contribution in [0.3, 0.4) is 0 Å². The molecule has 9 nitrogen and oxygen atoms in total. The monoisotopic (exact) mass is 407 g/mol. The van der Waals surface area contributed by atoms with E-state index in [2.05, 4.69) is 15.1 Å². The van der Waals surface area contributed by atoms with Crippen LogP contribution in [0.5, 0.6) is 11.5 Å². The van der Waals surface area contributed by atoms with Crippen LogP contribution in [0.4, 0.5) is 0 Å². The Bertz CT molecular complexity index is 1200. The summed E-state index contributed by atoms with van der Waals surface area (Å²) in [5.74, 6) is 0.129. The maximum Gasteiger partial charge on any atom is 0.345 e. The second kappa shape index (κ2) is 7.86. The number of hydrogen-bond acceptors (Lipinski definition) is 7. The summed E-state index contributed by atoms with van der Waals surface area (Å²) in [7, 11) is 4.28. The molecular formula is C21H21N5O4. The van der Waals surface area contributed by atoms with Crippen LogP contribution in [-0.2, 0) is 11.3 Å². The molecule has 0 aliphatic rings. The first-order chi connectivity index (χ1) is 14.6. The number of methoxy groups -OCH3 is 3. The molecule has 0 unspecified atom stereocenters. The number of hydrogen-bond donors (Lipinski definition) is 0. The fourth-order valence-electron chi connectivity index (χ4n) is 3.27. The number of nitrogens with zero attached hydrogens (tertiary/aromatic N) is 5. The van der Waals surface area contributed by atoms with E-state index in [0.717, 1.165) is 23.2 Å². The van der Waals surface area contributed by atoms with Gasteiger partial charge in [0, 0.05) is 42.2 Å². The third-order valence-corrected chi connectivity index (χ3v) is 4.84. The quantitative estimate of drug-likeness (QED) is 0.453. The van der Waals surface area contributed by atoms with Gasteiger partial charge in [-0.15, -0.1) is 0 Å². The van der Waals surface area contributed by atoms with Crippen molar-refractivity contribution in [3.8, 4) is 28.3 Å². The summed E-state index contributed by atoms with van der Waals surface area (Å²) in [6.07, 6.45) is 7.24. The minimum absolute atomic E-state index is 0.221. The van der Waals surface area contributed by atoms with Crippen LogP contribution >= 0.6 is 0 Å². The number of fused-ring (bicyclic) bond motifs is 1. The van der Waals surface area contributed by atoms with Gasteiger partial charge in [0.1, 0.15) is 28.9 Å². The Labute approximate surface area is 172 Å². The highest BCUT2D eigenvalue weighted by Gasteiger charge is 2.22. The summed E-state index contributed by atoms with van der Waals surface area (Å²) < 4.78 is 19.3. The maximum atomic E-state index is 12.2. The van der Waals surface area contributed by atoms with E-state index in [4.69, 9.17) is 14.2 Å². The number of imidazole rings is 1. The summed E-state index contributed by atoms with van der Waals surface area (Å²) in [5, 5.41) is 4.31. The molecule has 1 aromatic carbocycles. The Morgan fingerprint density at radius 2 is 1.73 bits per heavy atom. The van der Waals surface area contributed by atoms with Crippen LogP contribution in [-0.4, -0.2) is 51.6 Å². The number of aryl methyl sites for hydroxylation is 1. The highest BCUT2D eigenvalue weighted by Crippen LogP contribution is 2.34.